The van der Waals surface area contributed by atoms with E-state index in [1.165, 1.54) is 0 Å². The first-order chi connectivity index (χ1) is 6.58. The van der Waals surface area contributed by atoms with E-state index in [2.05, 4.69) is 0 Å². The molecule has 0 amide bonds. The average molecular weight is 239 g/mol. The first-order valence-corrected chi connectivity index (χ1v) is 7.26. The zero-order chi connectivity index (χ0) is 10.2. The smallest absolute Gasteiger partial charge is 0.150 e. The molecule has 2 rings (SSSR count). The van der Waals surface area contributed by atoms with Crippen molar-refractivity contribution in [2.45, 2.75) is 18.2 Å². The van der Waals surface area contributed by atoms with Crippen molar-refractivity contribution in [3.8, 4) is 0 Å². The van der Waals surface area contributed by atoms with E-state index in [1.807, 2.05) is 0 Å². The van der Waals surface area contributed by atoms with E-state index < -0.39 is 9.84 Å². The van der Waals surface area contributed by atoms with Gasteiger partial charge in [-0.15, -0.1) is 11.6 Å². The van der Waals surface area contributed by atoms with Gasteiger partial charge in [0.05, 0.1) is 18.1 Å². The molecule has 0 aliphatic carbocycles. The molecule has 82 valence electrons. The number of rotatable bonds is 2. The van der Waals surface area contributed by atoms with Crippen molar-refractivity contribution in [1.29, 1.82) is 0 Å². The number of sulfone groups is 1. The van der Waals surface area contributed by atoms with E-state index in [1.54, 1.807) is 0 Å². The second-order valence-corrected chi connectivity index (χ2v) is 6.96. The molecule has 14 heavy (non-hydrogen) atoms. The highest BCUT2D eigenvalue weighted by Crippen LogP contribution is 2.33. The molecule has 0 aromatic heterocycles. The summed E-state index contributed by atoms with van der Waals surface area (Å²) in [7, 11) is -2.80. The zero-order valence-electron chi connectivity index (χ0n) is 7.99. The lowest BCUT2D eigenvalue weighted by molar-refractivity contribution is 0.182. The fourth-order valence-corrected chi connectivity index (χ4v) is 4.64. The van der Waals surface area contributed by atoms with Gasteiger partial charge in [0.2, 0.25) is 0 Å². The first kappa shape index (κ1) is 10.7. The molecule has 2 saturated heterocycles. The lowest BCUT2D eigenvalue weighted by Gasteiger charge is -2.20. The minimum absolute atomic E-state index is 0.0187. The Bertz CT molecular complexity index is 295. The van der Waals surface area contributed by atoms with Crippen LogP contribution in [0.4, 0.5) is 0 Å². The lowest BCUT2D eigenvalue weighted by Crippen LogP contribution is -2.25. The topological polar surface area (TPSA) is 43.4 Å². The van der Waals surface area contributed by atoms with Gasteiger partial charge in [-0.1, -0.05) is 0 Å². The van der Waals surface area contributed by atoms with Crippen LogP contribution in [0.15, 0.2) is 0 Å². The molecule has 0 N–H and O–H groups in total. The second-order valence-electron chi connectivity index (χ2n) is 4.23. The maximum atomic E-state index is 11.3. The summed E-state index contributed by atoms with van der Waals surface area (Å²) in [5.41, 5.74) is 0. The van der Waals surface area contributed by atoms with Gasteiger partial charge in [0.15, 0.2) is 9.84 Å². The number of ether oxygens (including phenoxy) is 1. The average Bonchev–Trinajstić information content (AvgIpc) is 2.72. The highest BCUT2D eigenvalue weighted by molar-refractivity contribution is 7.91. The van der Waals surface area contributed by atoms with Crippen LogP contribution in [0.25, 0.3) is 0 Å². The highest BCUT2D eigenvalue weighted by Gasteiger charge is 2.37. The third kappa shape index (κ3) is 2.23. The lowest BCUT2D eigenvalue weighted by atomic mass is 9.93. The Morgan fingerprint density at radius 3 is 2.57 bits per heavy atom. The number of hydrogen-bond acceptors (Lipinski definition) is 3. The van der Waals surface area contributed by atoms with Crippen LogP contribution in [-0.4, -0.2) is 38.5 Å². The predicted octanol–water partition coefficient (Wildman–Crippen LogP) is 1.06. The quantitative estimate of drug-likeness (QED) is 0.676. The Balaban J connectivity index is 1.95. The normalized spacial score (nSPS) is 38.6. The van der Waals surface area contributed by atoms with E-state index in [4.69, 9.17) is 16.3 Å². The van der Waals surface area contributed by atoms with Gasteiger partial charge in [0.1, 0.15) is 0 Å². The molecule has 2 fully saturated rings. The predicted molar refractivity (Wildman–Crippen MR) is 55.3 cm³/mol. The maximum absolute atomic E-state index is 11.3. The van der Waals surface area contributed by atoms with Crippen molar-refractivity contribution in [3.05, 3.63) is 0 Å². The van der Waals surface area contributed by atoms with Crippen LogP contribution in [0.5, 0.6) is 0 Å². The van der Waals surface area contributed by atoms with Gasteiger partial charge in [-0.05, 0) is 18.8 Å². The summed E-state index contributed by atoms with van der Waals surface area (Å²) in [4.78, 5) is 0. The van der Waals surface area contributed by atoms with Crippen LogP contribution in [-0.2, 0) is 14.6 Å². The third-order valence-corrected chi connectivity index (χ3v) is 5.64. The van der Waals surface area contributed by atoms with Gasteiger partial charge >= 0.3 is 0 Å². The zero-order valence-corrected chi connectivity index (χ0v) is 9.56. The summed E-state index contributed by atoms with van der Waals surface area (Å²) < 4.78 is 27.8. The van der Waals surface area contributed by atoms with Crippen LogP contribution in [0.1, 0.15) is 12.8 Å². The number of alkyl halides is 1. The fraction of sp³-hybridized carbons (Fsp3) is 1.00. The van der Waals surface area contributed by atoms with Crippen molar-refractivity contribution in [2.75, 3.05) is 24.7 Å². The van der Waals surface area contributed by atoms with Gasteiger partial charge < -0.3 is 4.74 Å². The minimum atomic E-state index is -2.80. The van der Waals surface area contributed by atoms with E-state index in [0.717, 1.165) is 19.4 Å². The van der Waals surface area contributed by atoms with E-state index in [-0.39, 0.29) is 17.0 Å². The molecule has 2 heterocycles. The summed E-state index contributed by atoms with van der Waals surface area (Å²) >= 11 is 6.28. The summed E-state index contributed by atoms with van der Waals surface area (Å²) in [6.07, 6.45) is 1.71. The molecule has 0 radical (unpaired) electrons. The third-order valence-electron chi connectivity index (χ3n) is 3.13. The largest absolute Gasteiger partial charge is 0.381 e. The monoisotopic (exact) mass is 238 g/mol. The van der Waals surface area contributed by atoms with Crippen LogP contribution in [0.2, 0.25) is 0 Å². The molecule has 0 spiro atoms. The molecule has 0 saturated carbocycles. The molecule has 3 unspecified atom stereocenters. The molecule has 3 atom stereocenters. The van der Waals surface area contributed by atoms with Crippen LogP contribution >= 0.6 is 11.6 Å². The second kappa shape index (κ2) is 3.99. The Morgan fingerprint density at radius 1 is 1.29 bits per heavy atom. The molecular formula is C9H15ClO3S. The van der Waals surface area contributed by atoms with Crippen molar-refractivity contribution in [2.24, 2.45) is 11.8 Å². The Hall–Kier alpha value is 0.200. The highest BCUT2D eigenvalue weighted by atomic mass is 35.5. The Morgan fingerprint density at radius 2 is 2.07 bits per heavy atom. The SMILES string of the molecule is O=S1(=O)CCC(C(Cl)C2CCOC2)C1. The molecule has 0 aromatic rings. The Labute approximate surface area is 89.7 Å². The van der Waals surface area contributed by atoms with Gasteiger partial charge in [0.25, 0.3) is 0 Å². The molecular weight excluding hydrogens is 224 g/mol. The van der Waals surface area contributed by atoms with Crippen LogP contribution in [0.3, 0.4) is 0 Å². The van der Waals surface area contributed by atoms with Gasteiger partial charge in [-0.2, -0.15) is 0 Å². The van der Waals surface area contributed by atoms with Crippen LogP contribution in [0, 0.1) is 11.8 Å². The summed E-state index contributed by atoms with van der Waals surface area (Å²) in [6.45, 7) is 1.47. The van der Waals surface area contributed by atoms with Gasteiger partial charge in [-0.25, -0.2) is 8.42 Å². The van der Waals surface area contributed by atoms with E-state index in [9.17, 15) is 8.42 Å². The molecule has 3 nitrogen and oxygen atoms in total. The first-order valence-electron chi connectivity index (χ1n) is 5.01. The molecule has 2 aliphatic rings. The van der Waals surface area contributed by atoms with E-state index >= 15 is 0 Å². The Kier molecular flexibility index (Phi) is 3.05. The number of hydrogen-bond donors (Lipinski definition) is 0. The summed E-state index contributed by atoms with van der Waals surface area (Å²) in [6, 6.07) is 0. The van der Waals surface area contributed by atoms with Crippen molar-refractivity contribution in [1.82, 2.24) is 0 Å². The number of halogens is 1. The van der Waals surface area contributed by atoms with Crippen molar-refractivity contribution < 1.29 is 13.2 Å². The molecule has 0 aromatic carbocycles. The van der Waals surface area contributed by atoms with Crippen molar-refractivity contribution >= 4 is 21.4 Å². The van der Waals surface area contributed by atoms with Gasteiger partial charge in [-0.3, -0.25) is 0 Å². The fourth-order valence-electron chi connectivity index (χ4n) is 2.26. The van der Waals surface area contributed by atoms with Crippen molar-refractivity contribution in [3.63, 3.8) is 0 Å². The maximum Gasteiger partial charge on any atom is 0.150 e. The summed E-state index contributed by atoms with van der Waals surface area (Å²) in [5, 5.41) is -0.0187. The molecule has 5 heteroatoms. The van der Waals surface area contributed by atoms with E-state index in [0.29, 0.717) is 18.3 Å². The van der Waals surface area contributed by atoms with Crippen LogP contribution < -0.4 is 0 Å². The molecule has 2 aliphatic heterocycles. The standard InChI is InChI=1S/C9H15ClO3S/c10-9(7-1-3-13-5-7)8-2-4-14(11,12)6-8/h7-9H,1-6H2. The minimum Gasteiger partial charge on any atom is -0.381 e. The summed E-state index contributed by atoms with van der Waals surface area (Å²) in [5.74, 6) is 1.09. The van der Waals surface area contributed by atoms with Gasteiger partial charge in [0, 0.05) is 17.9 Å². The molecule has 0 bridgehead atoms.